The zero-order valence-corrected chi connectivity index (χ0v) is 17.3. The number of benzene rings is 1. The van der Waals surface area contributed by atoms with Gasteiger partial charge in [0.25, 0.3) is 0 Å². The minimum Gasteiger partial charge on any atom is -0.493 e. The predicted molar refractivity (Wildman–Crippen MR) is 107 cm³/mol. The lowest BCUT2D eigenvalue weighted by Crippen LogP contribution is -2.21. The van der Waals surface area contributed by atoms with Crippen molar-refractivity contribution < 1.29 is 4.74 Å². The number of hydrogen-bond donors (Lipinski definition) is 0. The number of rotatable bonds is 11. The standard InChI is InChI=1S/C23H40O/c1-8-11-12-13-14-17-24-21-16-15-19(22(4,5)9-2)18-20(21)23(6,7)10-3/h15-16,18H,8-14,17H2,1-7H3. The van der Waals surface area contributed by atoms with Crippen molar-refractivity contribution in [2.24, 2.45) is 0 Å². The second-order valence-corrected chi connectivity index (χ2v) is 8.45. The van der Waals surface area contributed by atoms with Gasteiger partial charge in [-0.15, -0.1) is 0 Å². The fourth-order valence-corrected chi connectivity index (χ4v) is 2.89. The van der Waals surface area contributed by atoms with Crippen LogP contribution in [0.15, 0.2) is 18.2 Å². The summed E-state index contributed by atoms with van der Waals surface area (Å²) in [6.07, 6.45) is 8.68. The lowest BCUT2D eigenvalue weighted by molar-refractivity contribution is 0.294. The third kappa shape index (κ3) is 5.83. The smallest absolute Gasteiger partial charge is 0.123 e. The molecule has 0 aliphatic carbocycles. The van der Waals surface area contributed by atoms with Crippen molar-refractivity contribution in [1.82, 2.24) is 0 Å². The van der Waals surface area contributed by atoms with E-state index in [-0.39, 0.29) is 10.8 Å². The van der Waals surface area contributed by atoms with E-state index in [1.807, 2.05) is 0 Å². The number of hydrogen-bond acceptors (Lipinski definition) is 1. The molecule has 0 spiro atoms. The molecule has 0 fully saturated rings. The van der Waals surface area contributed by atoms with Gasteiger partial charge in [-0.3, -0.25) is 0 Å². The largest absolute Gasteiger partial charge is 0.493 e. The molecule has 0 amide bonds. The van der Waals surface area contributed by atoms with Gasteiger partial charge < -0.3 is 4.74 Å². The zero-order chi connectivity index (χ0) is 18.2. The van der Waals surface area contributed by atoms with E-state index in [0.29, 0.717) is 0 Å². The maximum Gasteiger partial charge on any atom is 0.123 e. The molecule has 0 saturated carbocycles. The fraction of sp³-hybridized carbons (Fsp3) is 0.739. The number of ether oxygens (including phenoxy) is 1. The second-order valence-electron chi connectivity index (χ2n) is 8.45. The van der Waals surface area contributed by atoms with Crippen molar-refractivity contribution >= 4 is 0 Å². The molecular weight excluding hydrogens is 292 g/mol. The summed E-state index contributed by atoms with van der Waals surface area (Å²) < 4.78 is 6.21. The van der Waals surface area contributed by atoms with E-state index in [2.05, 4.69) is 66.7 Å². The van der Waals surface area contributed by atoms with E-state index in [9.17, 15) is 0 Å². The predicted octanol–water partition coefficient (Wildman–Crippen LogP) is 7.41. The molecule has 1 rings (SSSR count). The van der Waals surface area contributed by atoms with Gasteiger partial charge >= 0.3 is 0 Å². The molecule has 0 heterocycles. The first-order valence-corrected chi connectivity index (χ1v) is 10.1. The molecule has 1 aromatic carbocycles. The van der Waals surface area contributed by atoms with Gasteiger partial charge in [0.05, 0.1) is 6.61 Å². The maximum atomic E-state index is 6.21. The van der Waals surface area contributed by atoms with E-state index in [1.54, 1.807) is 0 Å². The van der Waals surface area contributed by atoms with E-state index >= 15 is 0 Å². The number of unbranched alkanes of at least 4 members (excludes halogenated alkanes) is 4. The normalized spacial score (nSPS) is 12.5. The van der Waals surface area contributed by atoms with Gasteiger partial charge in [-0.2, -0.15) is 0 Å². The van der Waals surface area contributed by atoms with Crippen LogP contribution >= 0.6 is 0 Å². The summed E-state index contributed by atoms with van der Waals surface area (Å²) >= 11 is 0. The average Bonchev–Trinajstić information content (AvgIpc) is 2.57. The molecular formula is C23H40O. The molecule has 1 heteroatoms. The molecule has 0 atom stereocenters. The average molecular weight is 333 g/mol. The van der Waals surface area contributed by atoms with Crippen LogP contribution < -0.4 is 4.74 Å². The fourth-order valence-electron chi connectivity index (χ4n) is 2.89. The van der Waals surface area contributed by atoms with Gasteiger partial charge in [0, 0.05) is 5.56 Å². The molecule has 138 valence electrons. The molecule has 0 aliphatic rings. The highest BCUT2D eigenvalue weighted by Gasteiger charge is 2.26. The molecule has 0 aliphatic heterocycles. The van der Waals surface area contributed by atoms with Crippen molar-refractivity contribution in [3.63, 3.8) is 0 Å². The van der Waals surface area contributed by atoms with Crippen LogP contribution in [0.2, 0.25) is 0 Å². The first-order valence-electron chi connectivity index (χ1n) is 10.1. The van der Waals surface area contributed by atoms with Crippen molar-refractivity contribution in [3.05, 3.63) is 29.3 Å². The Bertz CT molecular complexity index is 485. The lowest BCUT2D eigenvalue weighted by atomic mass is 9.76. The quantitative estimate of drug-likeness (QED) is 0.383. The van der Waals surface area contributed by atoms with E-state index in [4.69, 9.17) is 4.74 Å². The summed E-state index contributed by atoms with van der Waals surface area (Å²) in [5.74, 6) is 1.09. The Kier molecular flexibility index (Phi) is 8.33. The van der Waals surface area contributed by atoms with Crippen molar-refractivity contribution in [2.45, 2.75) is 104 Å². The molecule has 1 aromatic rings. The van der Waals surface area contributed by atoms with Crippen molar-refractivity contribution in [1.29, 1.82) is 0 Å². The minimum atomic E-state index is 0.150. The summed E-state index contributed by atoms with van der Waals surface area (Å²) in [6, 6.07) is 6.89. The third-order valence-corrected chi connectivity index (χ3v) is 5.76. The molecule has 1 nitrogen and oxygen atoms in total. The summed E-state index contributed by atoms with van der Waals surface area (Å²) in [4.78, 5) is 0. The first-order chi connectivity index (χ1) is 11.3. The molecule has 0 bridgehead atoms. The van der Waals surface area contributed by atoms with Gasteiger partial charge in [0.2, 0.25) is 0 Å². The van der Waals surface area contributed by atoms with Gasteiger partial charge in [-0.25, -0.2) is 0 Å². The van der Waals surface area contributed by atoms with E-state index in [0.717, 1.165) is 31.6 Å². The lowest BCUT2D eigenvalue weighted by Gasteiger charge is -2.30. The first kappa shape index (κ1) is 21.1. The summed E-state index contributed by atoms with van der Waals surface area (Å²) in [6.45, 7) is 17.0. The van der Waals surface area contributed by atoms with Crippen LogP contribution in [0.5, 0.6) is 5.75 Å². The van der Waals surface area contributed by atoms with Crippen LogP contribution in [-0.4, -0.2) is 6.61 Å². The Morgan fingerprint density at radius 2 is 1.42 bits per heavy atom. The minimum absolute atomic E-state index is 0.150. The van der Waals surface area contributed by atoms with Crippen molar-refractivity contribution in [3.8, 4) is 5.75 Å². The Morgan fingerprint density at radius 3 is 2.00 bits per heavy atom. The van der Waals surface area contributed by atoms with Crippen molar-refractivity contribution in [2.75, 3.05) is 6.61 Å². The monoisotopic (exact) mass is 332 g/mol. The van der Waals surface area contributed by atoms with Gasteiger partial charge in [-0.1, -0.05) is 86.3 Å². The van der Waals surface area contributed by atoms with Crippen LogP contribution in [0, 0.1) is 0 Å². The highest BCUT2D eigenvalue weighted by Crippen LogP contribution is 2.38. The molecule has 0 unspecified atom stereocenters. The second kappa shape index (κ2) is 9.49. The Labute approximate surface area is 151 Å². The topological polar surface area (TPSA) is 9.23 Å². The van der Waals surface area contributed by atoms with Crippen LogP contribution in [-0.2, 0) is 10.8 Å². The van der Waals surface area contributed by atoms with Crippen LogP contribution in [0.3, 0.4) is 0 Å². The zero-order valence-electron chi connectivity index (χ0n) is 17.3. The Balaban J connectivity index is 2.91. The molecule has 0 radical (unpaired) electrons. The Morgan fingerprint density at radius 1 is 0.792 bits per heavy atom. The van der Waals surface area contributed by atoms with E-state index < -0.39 is 0 Å². The highest BCUT2D eigenvalue weighted by molar-refractivity contribution is 5.44. The van der Waals surface area contributed by atoms with Gasteiger partial charge in [0.15, 0.2) is 0 Å². The maximum absolute atomic E-state index is 6.21. The van der Waals surface area contributed by atoms with Crippen LogP contribution in [0.4, 0.5) is 0 Å². The summed E-state index contributed by atoms with van der Waals surface area (Å²) in [5, 5.41) is 0. The summed E-state index contributed by atoms with van der Waals surface area (Å²) in [7, 11) is 0. The van der Waals surface area contributed by atoms with Gasteiger partial charge in [0.1, 0.15) is 5.75 Å². The van der Waals surface area contributed by atoms with Crippen LogP contribution in [0.25, 0.3) is 0 Å². The van der Waals surface area contributed by atoms with E-state index in [1.165, 1.54) is 36.8 Å². The van der Waals surface area contributed by atoms with Gasteiger partial charge in [-0.05, 0) is 41.7 Å². The molecule has 24 heavy (non-hydrogen) atoms. The molecule has 0 saturated heterocycles. The SMILES string of the molecule is CCCCCCCOc1ccc(C(C)(C)CC)cc1C(C)(C)CC. The highest BCUT2D eigenvalue weighted by atomic mass is 16.5. The molecule has 0 aromatic heterocycles. The third-order valence-electron chi connectivity index (χ3n) is 5.76. The Hall–Kier alpha value is -0.980. The van der Waals surface area contributed by atoms with Crippen LogP contribution in [0.1, 0.15) is 105 Å². The molecule has 0 N–H and O–H groups in total. The summed E-state index contributed by atoms with van der Waals surface area (Å²) in [5.41, 5.74) is 3.17.